The highest BCUT2D eigenvalue weighted by molar-refractivity contribution is 5.95. The van der Waals surface area contributed by atoms with Crippen LogP contribution in [-0.4, -0.2) is 57.8 Å². The summed E-state index contributed by atoms with van der Waals surface area (Å²) >= 11 is 0. The first-order valence-electron chi connectivity index (χ1n) is 9.11. The van der Waals surface area contributed by atoms with Gasteiger partial charge in [-0.1, -0.05) is 0 Å². The Morgan fingerprint density at radius 2 is 2.17 bits per heavy atom. The van der Waals surface area contributed by atoms with Crippen molar-refractivity contribution < 1.29 is 18.4 Å². The number of carbonyl (C=O) groups is 2. The normalized spacial score (nSPS) is 18.6. The predicted octanol–water partition coefficient (Wildman–Crippen LogP) is 1.91. The van der Waals surface area contributed by atoms with Crippen molar-refractivity contribution in [3.05, 3.63) is 46.5 Å². The highest BCUT2D eigenvalue weighted by Crippen LogP contribution is 2.26. The second-order valence-electron chi connectivity index (χ2n) is 7.15. The molecule has 0 saturated heterocycles. The van der Waals surface area contributed by atoms with E-state index in [1.165, 1.54) is 26.6 Å². The highest BCUT2D eigenvalue weighted by Gasteiger charge is 2.34. The number of hydrogen-bond acceptors (Lipinski definition) is 4. The first-order valence-corrected chi connectivity index (χ1v) is 9.11. The maximum atomic E-state index is 14.1. The summed E-state index contributed by atoms with van der Waals surface area (Å²) in [4.78, 5) is 28.2. The molecule has 1 aromatic carbocycles. The topological polar surface area (TPSA) is 94.3 Å². The molecule has 8 nitrogen and oxygen atoms in total. The van der Waals surface area contributed by atoms with Crippen LogP contribution in [0.5, 0.6) is 0 Å². The van der Waals surface area contributed by atoms with Gasteiger partial charge >= 0.3 is 6.03 Å². The number of aromatic nitrogens is 2. The van der Waals surface area contributed by atoms with E-state index in [0.717, 1.165) is 6.07 Å². The SMILES string of the molecule is CN1C[C@H](F)Cn2nc3c(c2C1=O)CN(C(=O)Nc1ccc(F)c(C#N)c1)CC3. The highest BCUT2D eigenvalue weighted by atomic mass is 19.1. The van der Waals surface area contributed by atoms with Crippen LogP contribution in [0.2, 0.25) is 0 Å². The quantitative estimate of drug-likeness (QED) is 0.791. The molecule has 0 bridgehead atoms. The molecule has 2 aromatic rings. The molecule has 0 unspecified atom stereocenters. The maximum absolute atomic E-state index is 14.1. The number of anilines is 1. The van der Waals surface area contributed by atoms with Gasteiger partial charge in [0, 0.05) is 31.3 Å². The molecule has 3 amide bonds. The van der Waals surface area contributed by atoms with E-state index < -0.39 is 18.0 Å². The van der Waals surface area contributed by atoms with Crippen LogP contribution in [-0.2, 0) is 19.5 Å². The minimum absolute atomic E-state index is 0.00285. The van der Waals surface area contributed by atoms with Gasteiger partial charge in [-0.2, -0.15) is 10.4 Å². The van der Waals surface area contributed by atoms with Gasteiger partial charge < -0.3 is 15.1 Å². The molecule has 0 aliphatic carbocycles. The number of urea groups is 1. The number of halogens is 2. The lowest BCUT2D eigenvalue weighted by Crippen LogP contribution is -2.39. The maximum Gasteiger partial charge on any atom is 0.322 e. The monoisotopic (exact) mass is 400 g/mol. The average Bonchev–Trinajstić information content (AvgIpc) is 3.00. The van der Waals surface area contributed by atoms with Gasteiger partial charge in [0.2, 0.25) is 0 Å². The van der Waals surface area contributed by atoms with Gasteiger partial charge in [-0.3, -0.25) is 9.48 Å². The second kappa shape index (κ2) is 7.16. The number of nitrogens with one attached hydrogen (secondary N) is 1. The van der Waals surface area contributed by atoms with E-state index in [-0.39, 0.29) is 31.1 Å². The summed E-state index contributed by atoms with van der Waals surface area (Å²) in [6.45, 7) is 0.508. The smallest absolute Gasteiger partial charge is 0.322 e. The second-order valence-corrected chi connectivity index (χ2v) is 7.15. The van der Waals surface area contributed by atoms with Crippen molar-refractivity contribution in [3.63, 3.8) is 0 Å². The third kappa shape index (κ3) is 3.40. The number of amides is 3. The van der Waals surface area contributed by atoms with Crippen LogP contribution in [0.25, 0.3) is 0 Å². The first kappa shape index (κ1) is 18.9. The van der Waals surface area contributed by atoms with Crippen molar-refractivity contribution in [1.29, 1.82) is 5.26 Å². The number of hydrogen-bond donors (Lipinski definition) is 1. The molecular weight excluding hydrogens is 382 g/mol. The van der Waals surface area contributed by atoms with Gasteiger partial charge in [0.15, 0.2) is 0 Å². The van der Waals surface area contributed by atoms with Gasteiger partial charge in [-0.15, -0.1) is 0 Å². The molecule has 0 saturated carbocycles. The zero-order valence-electron chi connectivity index (χ0n) is 15.7. The summed E-state index contributed by atoms with van der Waals surface area (Å²) in [7, 11) is 1.54. The molecule has 2 aliphatic heterocycles. The van der Waals surface area contributed by atoms with Gasteiger partial charge in [-0.25, -0.2) is 13.6 Å². The Balaban J connectivity index is 1.57. The van der Waals surface area contributed by atoms with E-state index in [9.17, 15) is 18.4 Å². The van der Waals surface area contributed by atoms with E-state index in [2.05, 4.69) is 10.4 Å². The van der Waals surface area contributed by atoms with E-state index in [4.69, 9.17) is 5.26 Å². The molecule has 2 aliphatic rings. The number of rotatable bonds is 1. The van der Waals surface area contributed by atoms with E-state index in [1.807, 2.05) is 0 Å². The number of nitrogens with zero attached hydrogens (tertiary/aromatic N) is 5. The van der Waals surface area contributed by atoms with Gasteiger partial charge in [0.1, 0.15) is 23.8 Å². The third-order valence-corrected chi connectivity index (χ3v) is 5.12. The molecule has 3 heterocycles. The lowest BCUT2D eigenvalue weighted by atomic mass is 10.0. The van der Waals surface area contributed by atoms with Crippen LogP contribution in [0.1, 0.15) is 27.3 Å². The van der Waals surface area contributed by atoms with E-state index in [0.29, 0.717) is 35.6 Å². The Kier molecular flexibility index (Phi) is 4.66. The molecule has 1 atom stereocenters. The largest absolute Gasteiger partial charge is 0.337 e. The molecule has 1 aromatic heterocycles. The predicted molar refractivity (Wildman–Crippen MR) is 98.3 cm³/mol. The van der Waals surface area contributed by atoms with Crippen LogP contribution < -0.4 is 5.32 Å². The van der Waals surface area contributed by atoms with Gasteiger partial charge in [-0.05, 0) is 18.2 Å². The molecule has 150 valence electrons. The zero-order valence-corrected chi connectivity index (χ0v) is 15.7. The minimum Gasteiger partial charge on any atom is -0.337 e. The Labute approximate surface area is 165 Å². The van der Waals surface area contributed by atoms with Crippen molar-refractivity contribution in [2.75, 3.05) is 25.5 Å². The molecule has 29 heavy (non-hydrogen) atoms. The minimum atomic E-state index is -1.21. The summed E-state index contributed by atoms with van der Waals surface area (Å²) in [5.41, 5.74) is 1.75. The van der Waals surface area contributed by atoms with Crippen LogP contribution in [0.3, 0.4) is 0 Å². The summed E-state index contributed by atoms with van der Waals surface area (Å²) in [5.74, 6) is -0.983. The van der Waals surface area contributed by atoms with E-state index in [1.54, 1.807) is 13.1 Å². The summed E-state index contributed by atoms with van der Waals surface area (Å²) < 4.78 is 28.9. The van der Waals surface area contributed by atoms with Crippen LogP contribution in [0, 0.1) is 17.1 Å². The average molecular weight is 400 g/mol. The first-order chi connectivity index (χ1) is 13.9. The fourth-order valence-corrected chi connectivity index (χ4v) is 3.67. The number of nitriles is 1. The Morgan fingerprint density at radius 3 is 2.93 bits per heavy atom. The molecule has 4 rings (SSSR count). The summed E-state index contributed by atoms with van der Waals surface area (Å²) in [6, 6.07) is 5.03. The lowest BCUT2D eigenvalue weighted by molar-refractivity contribution is 0.0767. The van der Waals surface area contributed by atoms with Crippen molar-refractivity contribution >= 4 is 17.6 Å². The van der Waals surface area contributed by atoms with Crippen LogP contribution >= 0.6 is 0 Å². The molecule has 10 heteroatoms. The number of carbonyl (C=O) groups excluding carboxylic acids is 2. The zero-order chi connectivity index (χ0) is 20.7. The number of benzene rings is 1. The fourth-order valence-electron chi connectivity index (χ4n) is 3.67. The third-order valence-electron chi connectivity index (χ3n) is 5.12. The standard InChI is InChI=1S/C19H18F2N6O2/c1-25-8-12(20)9-27-17(18(25)28)14-10-26(5-4-16(14)24-27)19(29)23-13-2-3-15(21)11(6-13)7-22/h2-3,6,12H,4-5,8-10H2,1H3,(H,23,29)/t12-/m0/s1. The fraction of sp³-hybridized carbons (Fsp3) is 0.368. The Bertz CT molecular complexity index is 1040. The Hall–Kier alpha value is -3.48. The van der Waals surface area contributed by atoms with E-state index >= 15 is 0 Å². The number of alkyl halides is 1. The summed E-state index contributed by atoms with van der Waals surface area (Å²) in [6.07, 6.45) is -0.775. The molecule has 0 radical (unpaired) electrons. The van der Waals surface area contributed by atoms with Gasteiger partial charge in [0.25, 0.3) is 5.91 Å². The molecule has 1 N–H and O–H groups in total. The van der Waals surface area contributed by atoms with Crippen molar-refractivity contribution in [1.82, 2.24) is 19.6 Å². The van der Waals surface area contributed by atoms with Crippen molar-refractivity contribution in [2.24, 2.45) is 0 Å². The van der Waals surface area contributed by atoms with Crippen LogP contribution in [0.15, 0.2) is 18.2 Å². The van der Waals surface area contributed by atoms with Crippen molar-refractivity contribution in [3.8, 4) is 6.07 Å². The molecular formula is C19H18F2N6O2. The number of fused-ring (bicyclic) bond motifs is 3. The van der Waals surface area contributed by atoms with Crippen LogP contribution in [0.4, 0.5) is 19.3 Å². The van der Waals surface area contributed by atoms with Gasteiger partial charge in [0.05, 0.1) is 30.9 Å². The summed E-state index contributed by atoms with van der Waals surface area (Å²) in [5, 5.41) is 16.0. The molecule has 0 fully saturated rings. The molecule has 0 spiro atoms. The Morgan fingerprint density at radius 1 is 1.38 bits per heavy atom. The lowest BCUT2D eigenvalue weighted by Gasteiger charge is -2.27. The van der Waals surface area contributed by atoms with Crippen molar-refractivity contribution in [2.45, 2.75) is 25.7 Å².